The molecular weight excluding hydrogens is 719 g/mol. The third-order valence-electron chi connectivity index (χ3n) is 10.9. The maximum Gasteiger partial charge on any atom is 0.410 e. The van der Waals surface area contributed by atoms with Crippen molar-refractivity contribution in [2.75, 3.05) is 13.1 Å². The van der Waals surface area contributed by atoms with E-state index in [1.807, 2.05) is 72.1 Å². The minimum atomic E-state index is -0.569. The van der Waals surface area contributed by atoms with Gasteiger partial charge in [0, 0.05) is 40.7 Å². The normalized spacial score (nSPS) is 19.4. The number of likely N-dealkylation sites (tertiary alicyclic amines) is 2. The number of ether oxygens (including phenoxy) is 3. The number of fused-ring (bicyclic) bond motifs is 5. The molecule has 3 aliphatic rings. The van der Waals surface area contributed by atoms with Crippen LogP contribution in [0.15, 0.2) is 85.2 Å². The summed E-state index contributed by atoms with van der Waals surface area (Å²) in [5.74, 6) is 2.28. The van der Waals surface area contributed by atoms with E-state index in [4.69, 9.17) is 24.2 Å². The van der Waals surface area contributed by atoms with E-state index in [1.54, 1.807) is 9.80 Å². The second-order valence-electron chi connectivity index (χ2n) is 17.3. The number of aromatic amines is 2. The lowest BCUT2D eigenvalue weighted by molar-refractivity contribution is 0.0208. The van der Waals surface area contributed by atoms with Gasteiger partial charge in [0.2, 0.25) is 6.23 Å². The third kappa shape index (κ3) is 7.02. The lowest BCUT2D eigenvalue weighted by Gasteiger charge is -2.30. The zero-order chi connectivity index (χ0) is 39.6. The standard InChI is InChI=1S/C45H49N7O5/c1-44(2,3)56-42(53)50-20-10-14-35(50)39-46-25-32(48-39)28-17-19-34-30(22-28)23-37-31-18-16-29(24-38(31)55-41(52(34)37)27-12-8-7-9-13-27)33-26-47-40(49-33)36-15-11-21-51(36)43(54)57-45(4,5)6/h7-9,12-13,16-19,22-26,35-36,41H,10-11,14-15,20-21H2,1-6H3,(H,46,48)(H,47,49)/t35-,36-,41-/m1/s1. The second kappa shape index (κ2) is 13.9. The number of H-pyrrole nitrogens is 2. The SMILES string of the molecule is CC(C)(C)OC(=O)N1CCC[C@@H]1c1ncc(-c2ccc3c(c2)O[C@H](c2ccccc2)n2c-3cc3cc(-c4cnc([C@H]5CCCN5C(=O)OC(C)(C)C)[nH]4)ccc32)[nH]1. The van der Waals surface area contributed by atoms with Crippen LogP contribution in [0.4, 0.5) is 9.59 Å². The molecule has 2 saturated heterocycles. The van der Waals surface area contributed by atoms with Crippen LogP contribution in [-0.2, 0) is 9.47 Å². The highest BCUT2D eigenvalue weighted by Crippen LogP contribution is 2.46. The lowest BCUT2D eigenvalue weighted by Crippen LogP contribution is -2.36. The zero-order valence-corrected chi connectivity index (χ0v) is 33.3. The molecule has 3 aromatic heterocycles. The first-order valence-electron chi connectivity index (χ1n) is 19.9. The van der Waals surface area contributed by atoms with Crippen molar-refractivity contribution in [1.82, 2.24) is 34.3 Å². The molecule has 12 heteroatoms. The molecule has 0 spiro atoms. The van der Waals surface area contributed by atoms with Gasteiger partial charge < -0.3 is 28.7 Å². The van der Waals surface area contributed by atoms with Gasteiger partial charge in [-0.15, -0.1) is 0 Å². The molecule has 3 atom stereocenters. The summed E-state index contributed by atoms with van der Waals surface area (Å²) in [6.45, 7) is 12.6. The van der Waals surface area contributed by atoms with Gasteiger partial charge in [-0.05, 0) is 97.6 Å². The molecule has 9 rings (SSSR count). The summed E-state index contributed by atoms with van der Waals surface area (Å²) in [6.07, 6.45) is 6.10. The van der Waals surface area contributed by atoms with Crippen LogP contribution in [0.25, 0.3) is 44.7 Å². The fourth-order valence-corrected chi connectivity index (χ4v) is 8.36. The number of nitrogens with zero attached hydrogens (tertiary/aromatic N) is 5. The van der Waals surface area contributed by atoms with Crippen molar-refractivity contribution in [1.29, 1.82) is 0 Å². The van der Waals surface area contributed by atoms with Crippen molar-refractivity contribution in [2.24, 2.45) is 0 Å². The van der Waals surface area contributed by atoms with Crippen LogP contribution < -0.4 is 4.74 Å². The third-order valence-corrected chi connectivity index (χ3v) is 10.9. The van der Waals surface area contributed by atoms with Crippen LogP contribution in [0, 0.1) is 0 Å². The van der Waals surface area contributed by atoms with Crippen LogP contribution in [-0.4, -0.2) is 70.8 Å². The average molecular weight is 768 g/mol. The summed E-state index contributed by atoms with van der Waals surface area (Å²) in [5, 5.41) is 1.07. The smallest absolute Gasteiger partial charge is 0.410 e. The Balaban J connectivity index is 1.03. The fraction of sp³-hybridized carbons (Fsp3) is 0.378. The van der Waals surface area contributed by atoms with Gasteiger partial charge in [0.1, 0.15) is 28.6 Å². The van der Waals surface area contributed by atoms with Crippen molar-refractivity contribution >= 4 is 23.1 Å². The Morgan fingerprint density at radius 2 is 1.28 bits per heavy atom. The van der Waals surface area contributed by atoms with E-state index < -0.39 is 17.4 Å². The van der Waals surface area contributed by atoms with E-state index in [1.165, 1.54) is 0 Å². The summed E-state index contributed by atoms with van der Waals surface area (Å²) < 4.78 is 20.6. The topological polar surface area (TPSA) is 131 Å². The van der Waals surface area contributed by atoms with Gasteiger partial charge in [-0.25, -0.2) is 19.6 Å². The molecule has 0 unspecified atom stereocenters. The first-order chi connectivity index (χ1) is 27.3. The Kier molecular flexibility index (Phi) is 8.90. The molecule has 2 N–H and O–H groups in total. The van der Waals surface area contributed by atoms with Gasteiger partial charge in [0.15, 0.2) is 0 Å². The quantitative estimate of drug-likeness (QED) is 0.179. The van der Waals surface area contributed by atoms with Crippen LogP contribution in [0.3, 0.4) is 0 Å². The number of carbonyl (C=O) groups excluding carboxylic acids is 2. The molecule has 12 nitrogen and oxygen atoms in total. The van der Waals surface area contributed by atoms with Gasteiger partial charge in [0.05, 0.1) is 47.1 Å². The molecule has 6 aromatic rings. The maximum absolute atomic E-state index is 13.0. The summed E-state index contributed by atoms with van der Waals surface area (Å²) >= 11 is 0. The number of aromatic nitrogens is 5. The van der Waals surface area contributed by atoms with Crippen molar-refractivity contribution < 1.29 is 23.8 Å². The predicted octanol–water partition coefficient (Wildman–Crippen LogP) is 10.2. The number of nitrogens with one attached hydrogen (secondary N) is 2. The molecule has 0 aliphatic carbocycles. The fourth-order valence-electron chi connectivity index (χ4n) is 8.36. The largest absolute Gasteiger partial charge is 0.465 e. The summed E-state index contributed by atoms with van der Waals surface area (Å²) in [4.78, 5) is 46.1. The number of imidazole rings is 2. The minimum Gasteiger partial charge on any atom is -0.465 e. The van der Waals surface area contributed by atoms with Crippen LogP contribution in [0.1, 0.15) is 103 Å². The summed E-state index contributed by atoms with van der Waals surface area (Å²) in [6, 6.07) is 24.9. The molecule has 0 saturated carbocycles. The molecule has 6 heterocycles. The Labute approximate surface area is 332 Å². The van der Waals surface area contributed by atoms with Crippen LogP contribution in [0.5, 0.6) is 5.75 Å². The Morgan fingerprint density at radius 3 is 1.86 bits per heavy atom. The van der Waals surface area contributed by atoms with E-state index in [-0.39, 0.29) is 24.3 Å². The Morgan fingerprint density at radius 1 is 0.719 bits per heavy atom. The number of hydrogen-bond acceptors (Lipinski definition) is 7. The van der Waals surface area contributed by atoms with Crippen molar-refractivity contribution in [3.63, 3.8) is 0 Å². The number of rotatable bonds is 5. The molecule has 2 fully saturated rings. The number of hydrogen-bond donors (Lipinski definition) is 2. The molecule has 57 heavy (non-hydrogen) atoms. The number of amides is 2. The molecule has 0 bridgehead atoms. The van der Waals surface area contributed by atoms with Crippen molar-refractivity contribution in [2.45, 2.75) is 96.7 Å². The lowest BCUT2D eigenvalue weighted by atomic mass is 10.0. The molecule has 2 amide bonds. The highest BCUT2D eigenvalue weighted by molar-refractivity contribution is 5.92. The predicted molar refractivity (Wildman–Crippen MR) is 218 cm³/mol. The van der Waals surface area contributed by atoms with E-state index >= 15 is 0 Å². The molecular formula is C45H49N7O5. The highest BCUT2D eigenvalue weighted by atomic mass is 16.6. The Bertz CT molecular complexity index is 2470. The molecule has 3 aromatic carbocycles. The van der Waals surface area contributed by atoms with Gasteiger partial charge in [-0.2, -0.15) is 0 Å². The van der Waals surface area contributed by atoms with E-state index in [0.29, 0.717) is 13.1 Å². The van der Waals surface area contributed by atoms with Gasteiger partial charge in [-0.3, -0.25) is 9.80 Å². The van der Waals surface area contributed by atoms with Gasteiger partial charge >= 0.3 is 12.2 Å². The highest BCUT2D eigenvalue weighted by Gasteiger charge is 2.37. The molecule has 0 radical (unpaired) electrons. The zero-order valence-electron chi connectivity index (χ0n) is 33.3. The summed E-state index contributed by atoms with van der Waals surface area (Å²) in [5.41, 5.74) is 6.67. The maximum atomic E-state index is 13.0. The van der Waals surface area contributed by atoms with E-state index in [2.05, 4.69) is 69.1 Å². The first kappa shape index (κ1) is 36.6. The van der Waals surface area contributed by atoms with E-state index in [9.17, 15) is 9.59 Å². The van der Waals surface area contributed by atoms with E-state index in [0.717, 1.165) is 93.3 Å². The Hall–Kier alpha value is -6.04. The first-order valence-corrected chi connectivity index (χ1v) is 19.9. The van der Waals surface area contributed by atoms with Crippen LogP contribution >= 0.6 is 0 Å². The second-order valence-corrected chi connectivity index (χ2v) is 17.3. The average Bonchev–Trinajstić information content (AvgIpc) is 4.01. The van der Waals surface area contributed by atoms with Gasteiger partial charge in [0.25, 0.3) is 0 Å². The van der Waals surface area contributed by atoms with Crippen molar-refractivity contribution in [3.8, 4) is 39.5 Å². The van der Waals surface area contributed by atoms with Crippen molar-refractivity contribution in [3.05, 3.63) is 102 Å². The molecule has 3 aliphatic heterocycles. The number of carbonyl (C=O) groups is 2. The van der Waals surface area contributed by atoms with Gasteiger partial charge in [-0.1, -0.05) is 42.5 Å². The summed E-state index contributed by atoms with van der Waals surface area (Å²) in [7, 11) is 0. The number of benzene rings is 3. The van der Waals surface area contributed by atoms with Crippen LogP contribution in [0.2, 0.25) is 0 Å². The monoisotopic (exact) mass is 767 g/mol. The molecule has 294 valence electrons. The minimum absolute atomic E-state index is 0.160.